The molecule has 0 radical (unpaired) electrons. The molecule has 1 saturated heterocycles. The summed E-state index contributed by atoms with van der Waals surface area (Å²) in [5.41, 5.74) is 5.75. The van der Waals surface area contributed by atoms with Gasteiger partial charge in [-0.3, -0.25) is 0 Å². The molecule has 8 heteroatoms. The van der Waals surface area contributed by atoms with Gasteiger partial charge in [0, 0.05) is 19.1 Å². The SMILES string of the molecule is CCOC(=O)NS(=O)(=O)N1CC(C)CC(N)C1. The first-order chi connectivity index (χ1) is 7.85. The molecule has 1 heterocycles. The normalized spacial score (nSPS) is 26.5. The van der Waals surface area contributed by atoms with Gasteiger partial charge in [-0.1, -0.05) is 6.92 Å². The van der Waals surface area contributed by atoms with Crippen LogP contribution in [0.5, 0.6) is 0 Å². The fourth-order valence-electron chi connectivity index (χ4n) is 1.88. The van der Waals surface area contributed by atoms with Gasteiger partial charge in [-0.15, -0.1) is 0 Å². The Labute approximate surface area is 101 Å². The van der Waals surface area contributed by atoms with Crippen molar-refractivity contribution in [2.24, 2.45) is 11.7 Å². The molecule has 1 aliphatic heterocycles. The van der Waals surface area contributed by atoms with Crippen LogP contribution < -0.4 is 10.5 Å². The Morgan fingerprint density at radius 1 is 1.53 bits per heavy atom. The third-order valence-electron chi connectivity index (χ3n) is 2.49. The smallest absolute Gasteiger partial charge is 0.421 e. The third kappa shape index (κ3) is 4.14. The van der Waals surface area contributed by atoms with Crippen molar-refractivity contribution in [1.82, 2.24) is 9.03 Å². The van der Waals surface area contributed by atoms with Crippen molar-refractivity contribution < 1.29 is 17.9 Å². The summed E-state index contributed by atoms with van der Waals surface area (Å²) < 4.78 is 31.2. The van der Waals surface area contributed by atoms with Crippen LogP contribution in [0.25, 0.3) is 0 Å². The molecule has 1 aliphatic rings. The summed E-state index contributed by atoms with van der Waals surface area (Å²) in [5.74, 6) is 0.178. The molecule has 0 aromatic rings. The minimum atomic E-state index is -3.84. The summed E-state index contributed by atoms with van der Waals surface area (Å²) in [5, 5.41) is 0. The van der Waals surface area contributed by atoms with Crippen molar-refractivity contribution >= 4 is 16.3 Å². The molecular formula is C9H19N3O4S. The van der Waals surface area contributed by atoms with E-state index in [1.165, 1.54) is 4.31 Å². The van der Waals surface area contributed by atoms with Crippen LogP contribution in [0.4, 0.5) is 4.79 Å². The standard InChI is InChI=1S/C9H19N3O4S/c1-3-16-9(13)11-17(14,15)12-5-7(2)4-8(10)6-12/h7-8H,3-6,10H2,1-2H3,(H,11,13). The summed E-state index contributed by atoms with van der Waals surface area (Å²) in [4.78, 5) is 11.1. The van der Waals surface area contributed by atoms with Gasteiger partial charge in [0.2, 0.25) is 0 Å². The highest BCUT2D eigenvalue weighted by Gasteiger charge is 2.32. The predicted octanol–water partition coefficient (Wildman–Crippen LogP) is -0.354. The molecule has 2 unspecified atom stereocenters. The highest BCUT2D eigenvalue weighted by atomic mass is 32.2. The van der Waals surface area contributed by atoms with E-state index < -0.39 is 16.3 Å². The Bertz CT molecular complexity index is 360. The van der Waals surface area contributed by atoms with E-state index in [4.69, 9.17) is 5.73 Å². The van der Waals surface area contributed by atoms with Crippen molar-refractivity contribution in [1.29, 1.82) is 0 Å². The van der Waals surface area contributed by atoms with Crippen LogP contribution in [0.2, 0.25) is 0 Å². The Balaban J connectivity index is 2.66. The second kappa shape index (κ2) is 5.65. The average Bonchev–Trinajstić information content (AvgIpc) is 2.15. The van der Waals surface area contributed by atoms with E-state index in [-0.39, 0.29) is 25.1 Å². The maximum Gasteiger partial charge on any atom is 0.421 e. The number of hydrogen-bond acceptors (Lipinski definition) is 5. The molecular weight excluding hydrogens is 246 g/mol. The number of nitrogens with one attached hydrogen (secondary N) is 1. The van der Waals surface area contributed by atoms with Crippen molar-refractivity contribution in [2.45, 2.75) is 26.3 Å². The number of amides is 1. The van der Waals surface area contributed by atoms with E-state index in [0.29, 0.717) is 6.54 Å². The molecule has 0 saturated carbocycles. The van der Waals surface area contributed by atoms with E-state index in [0.717, 1.165) is 6.42 Å². The molecule has 0 bridgehead atoms. The number of piperidine rings is 1. The third-order valence-corrected chi connectivity index (χ3v) is 3.89. The van der Waals surface area contributed by atoms with Crippen LogP contribution in [0.15, 0.2) is 0 Å². The minimum Gasteiger partial charge on any atom is -0.449 e. The van der Waals surface area contributed by atoms with Crippen LogP contribution in [-0.4, -0.2) is 44.6 Å². The molecule has 3 N–H and O–H groups in total. The van der Waals surface area contributed by atoms with Gasteiger partial charge in [0.1, 0.15) is 0 Å². The molecule has 1 rings (SSSR count). The lowest BCUT2D eigenvalue weighted by Gasteiger charge is -2.33. The zero-order chi connectivity index (χ0) is 13.1. The van der Waals surface area contributed by atoms with Crippen LogP contribution in [-0.2, 0) is 14.9 Å². The van der Waals surface area contributed by atoms with Crippen LogP contribution in [0.1, 0.15) is 20.3 Å². The van der Waals surface area contributed by atoms with Crippen LogP contribution in [0.3, 0.4) is 0 Å². The molecule has 100 valence electrons. The Kier molecular flexibility index (Phi) is 4.72. The largest absolute Gasteiger partial charge is 0.449 e. The monoisotopic (exact) mass is 265 g/mol. The number of hydrogen-bond donors (Lipinski definition) is 2. The predicted molar refractivity (Wildman–Crippen MR) is 62.4 cm³/mol. The highest BCUT2D eigenvalue weighted by Crippen LogP contribution is 2.17. The highest BCUT2D eigenvalue weighted by molar-refractivity contribution is 7.87. The van der Waals surface area contributed by atoms with Crippen molar-refractivity contribution in [3.63, 3.8) is 0 Å². The number of ether oxygens (including phenoxy) is 1. The van der Waals surface area contributed by atoms with Gasteiger partial charge < -0.3 is 10.5 Å². The Morgan fingerprint density at radius 2 is 2.18 bits per heavy atom. The first-order valence-corrected chi connectivity index (χ1v) is 6.99. The first-order valence-electron chi connectivity index (χ1n) is 5.55. The Hall–Kier alpha value is -0.860. The lowest BCUT2D eigenvalue weighted by Crippen LogP contribution is -2.53. The van der Waals surface area contributed by atoms with Gasteiger partial charge >= 0.3 is 16.3 Å². The van der Waals surface area contributed by atoms with Gasteiger partial charge in [-0.25, -0.2) is 9.52 Å². The van der Waals surface area contributed by atoms with E-state index in [2.05, 4.69) is 4.74 Å². The number of nitrogens with zero attached hydrogens (tertiary/aromatic N) is 1. The molecule has 0 aromatic heterocycles. The molecule has 17 heavy (non-hydrogen) atoms. The maximum atomic E-state index is 11.8. The molecule has 1 fully saturated rings. The molecule has 0 spiro atoms. The number of rotatable bonds is 3. The van der Waals surface area contributed by atoms with Crippen LogP contribution >= 0.6 is 0 Å². The van der Waals surface area contributed by atoms with Crippen molar-refractivity contribution in [3.8, 4) is 0 Å². The number of nitrogens with two attached hydrogens (primary N) is 1. The zero-order valence-corrected chi connectivity index (χ0v) is 10.9. The topological polar surface area (TPSA) is 102 Å². The molecule has 1 amide bonds. The van der Waals surface area contributed by atoms with Crippen LogP contribution in [0, 0.1) is 5.92 Å². The molecule has 0 aliphatic carbocycles. The summed E-state index contributed by atoms with van der Waals surface area (Å²) in [6.07, 6.45) is -0.176. The van der Waals surface area contributed by atoms with E-state index in [9.17, 15) is 13.2 Å². The fraction of sp³-hybridized carbons (Fsp3) is 0.889. The summed E-state index contributed by atoms with van der Waals surface area (Å²) in [6.45, 7) is 4.23. The van der Waals surface area contributed by atoms with E-state index >= 15 is 0 Å². The van der Waals surface area contributed by atoms with Crippen molar-refractivity contribution in [3.05, 3.63) is 0 Å². The molecule has 2 atom stereocenters. The van der Waals surface area contributed by atoms with E-state index in [1.807, 2.05) is 11.6 Å². The lowest BCUT2D eigenvalue weighted by atomic mass is 9.99. The lowest BCUT2D eigenvalue weighted by molar-refractivity contribution is 0.157. The summed E-state index contributed by atoms with van der Waals surface area (Å²) >= 11 is 0. The zero-order valence-electron chi connectivity index (χ0n) is 10.0. The van der Waals surface area contributed by atoms with Gasteiger partial charge in [-0.2, -0.15) is 12.7 Å². The van der Waals surface area contributed by atoms with Gasteiger partial charge in [0.15, 0.2) is 0 Å². The summed E-state index contributed by atoms with van der Waals surface area (Å²) in [6, 6.07) is -0.197. The van der Waals surface area contributed by atoms with Gasteiger partial charge in [0.25, 0.3) is 0 Å². The van der Waals surface area contributed by atoms with Crippen molar-refractivity contribution in [2.75, 3.05) is 19.7 Å². The summed E-state index contributed by atoms with van der Waals surface area (Å²) in [7, 11) is -3.84. The second-order valence-electron chi connectivity index (χ2n) is 4.25. The maximum absolute atomic E-state index is 11.8. The minimum absolute atomic E-state index is 0.122. The second-order valence-corrected chi connectivity index (χ2v) is 5.92. The number of carbonyl (C=O) groups is 1. The average molecular weight is 265 g/mol. The van der Waals surface area contributed by atoms with Gasteiger partial charge in [0.05, 0.1) is 6.61 Å². The molecule has 0 aromatic carbocycles. The first kappa shape index (κ1) is 14.2. The molecule has 7 nitrogen and oxygen atoms in total. The Morgan fingerprint density at radius 3 is 2.71 bits per heavy atom. The van der Waals surface area contributed by atoms with Gasteiger partial charge in [-0.05, 0) is 19.3 Å². The van der Waals surface area contributed by atoms with E-state index in [1.54, 1.807) is 6.92 Å². The fourth-order valence-corrected chi connectivity index (χ4v) is 3.11. The number of carbonyl (C=O) groups excluding carboxylic acids is 1. The quantitative estimate of drug-likeness (QED) is 0.726.